The van der Waals surface area contributed by atoms with Gasteiger partial charge >= 0.3 is 0 Å². The highest BCUT2D eigenvalue weighted by Crippen LogP contribution is 1.97. The van der Waals surface area contributed by atoms with Crippen molar-refractivity contribution in [1.82, 2.24) is 5.32 Å². The van der Waals surface area contributed by atoms with Gasteiger partial charge in [0, 0.05) is 22.3 Å². The highest BCUT2D eigenvalue weighted by Gasteiger charge is 1.97. The van der Waals surface area contributed by atoms with Crippen LogP contribution in [0.5, 0.6) is 0 Å². The first-order valence-corrected chi connectivity index (χ1v) is 6.29. The molecule has 0 aromatic rings. The molecule has 0 aromatic carbocycles. The first-order chi connectivity index (χ1) is 5.81. The van der Waals surface area contributed by atoms with E-state index in [0.717, 1.165) is 30.9 Å². The lowest BCUT2D eigenvalue weighted by Crippen LogP contribution is -2.12. The molecule has 0 aliphatic rings. The Bertz CT molecular complexity index is 105. The fourth-order valence-corrected chi connectivity index (χ4v) is 2.22. The van der Waals surface area contributed by atoms with Crippen molar-refractivity contribution >= 4 is 10.8 Å². The second kappa shape index (κ2) is 9.20. The molecule has 0 aliphatic heterocycles. The van der Waals surface area contributed by atoms with Gasteiger partial charge in [0.15, 0.2) is 0 Å². The summed E-state index contributed by atoms with van der Waals surface area (Å²) >= 11 is 0. The molecule has 0 aromatic heterocycles. The van der Waals surface area contributed by atoms with E-state index in [2.05, 4.69) is 12.2 Å². The fourth-order valence-electron chi connectivity index (χ4n) is 1.03. The third-order valence-electron chi connectivity index (χ3n) is 1.77. The van der Waals surface area contributed by atoms with Crippen LogP contribution >= 0.6 is 0 Å². The lowest BCUT2D eigenvalue weighted by Gasteiger charge is -2.00. The molecule has 0 rings (SSSR count). The molecule has 2 nitrogen and oxygen atoms in total. The lowest BCUT2D eigenvalue weighted by atomic mass is 10.3. The zero-order valence-corrected chi connectivity index (χ0v) is 9.08. The van der Waals surface area contributed by atoms with Gasteiger partial charge in [0.05, 0.1) is 0 Å². The Kier molecular flexibility index (Phi) is 9.28. The zero-order valence-electron chi connectivity index (χ0n) is 8.27. The van der Waals surface area contributed by atoms with Crippen LogP contribution in [-0.4, -0.2) is 29.3 Å². The molecule has 0 spiro atoms. The number of unbranched alkanes of at least 4 members (excludes halogenated alkanes) is 2. The summed E-state index contributed by atoms with van der Waals surface area (Å²) in [5.41, 5.74) is 0. The molecule has 0 aliphatic carbocycles. The van der Waals surface area contributed by atoms with Crippen LogP contribution in [-0.2, 0) is 10.8 Å². The van der Waals surface area contributed by atoms with E-state index in [1.807, 2.05) is 7.05 Å². The van der Waals surface area contributed by atoms with Crippen molar-refractivity contribution in [3.63, 3.8) is 0 Å². The summed E-state index contributed by atoms with van der Waals surface area (Å²) < 4.78 is 11.3. The van der Waals surface area contributed by atoms with Crippen molar-refractivity contribution in [3.8, 4) is 0 Å². The molecule has 1 unspecified atom stereocenters. The maximum Gasteiger partial charge on any atom is 0.0246 e. The van der Waals surface area contributed by atoms with Gasteiger partial charge in [-0.1, -0.05) is 19.8 Å². The van der Waals surface area contributed by atoms with Gasteiger partial charge < -0.3 is 5.32 Å². The molecule has 0 fully saturated rings. The molecule has 0 radical (unpaired) electrons. The highest BCUT2D eigenvalue weighted by molar-refractivity contribution is 7.84. The van der Waals surface area contributed by atoms with E-state index in [1.165, 1.54) is 12.8 Å². The number of rotatable bonds is 8. The van der Waals surface area contributed by atoms with E-state index in [9.17, 15) is 4.21 Å². The third kappa shape index (κ3) is 8.21. The van der Waals surface area contributed by atoms with Crippen molar-refractivity contribution in [2.45, 2.75) is 32.6 Å². The van der Waals surface area contributed by atoms with Crippen LogP contribution in [0.15, 0.2) is 0 Å². The summed E-state index contributed by atoms with van der Waals surface area (Å²) in [5.74, 6) is 1.77. The Balaban J connectivity index is 3.10. The molecular formula is C9H21NOS. The van der Waals surface area contributed by atoms with Crippen LogP contribution in [0.25, 0.3) is 0 Å². The molecule has 74 valence electrons. The van der Waals surface area contributed by atoms with E-state index in [-0.39, 0.29) is 0 Å². The molecule has 1 atom stereocenters. The molecular weight excluding hydrogens is 170 g/mol. The van der Waals surface area contributed by atoms with Crippen molar-refractivity contribution in [2.75, 3.05) is 25.1 Å². The van der Waals surface area contributed by atoms with Gasteiger partial charge in [0.2, 0.25) is 0 Å². The molecule has 12 heavy (non-hydrogen) atoms. The average Bonchev–Trinajstić information content (AvgIpc) is 2.06. The second-order valence-electron chi connectivity index (χ2n) is 3.01. The van der Waals surface area contributed by atoms with Crippen molar-refractivity contribution < 1.29 is 4.21 Å². The Morgan fingerprint density at radius 1 is 1.17 bits per heavy atom. The fraction of sp³-hybridized carbons (Fsp3) is 1.00. The quantitative estimate of drug-likeness (QED) is 0.590. The Labute approximate surface area is 78.6 Å². The molecule has 0 amide bonds. The monoisotopic (exact) mass is 191 g/mol. The first-order valence-electron chi connectivity index (χ1n) is 4.80. The van der Waals surface area contributed by atoms with Crippen LogP contribution < -0.4 is 5.32 Å². The van der Waals surface area contributed by atoms with Crippen molar-refractivity contribution in [2.24, 2.45) is 0 Å². The summed E-state index contributed by atoms with van der Waals surface area (Å²) in [5, 5.41) is 3.06. The van der Waals surface area contributed by atoms with Gasteiger partial charge in [0.25, 0.3) is 0 Å². The highest BCUT2D eigenvalue weighted by atomic mass is 32.2. The molecule has 0 heterocycles. The van der Waals surface area contributed by atoms with Gasteiger partial charge in [-0.2, -0.15) is 0 Å². The SMILES string of the molecule is CCCCCS(=O)CCCNC. The van der Waals surface area contributed by atoms with E-state index < -0.39 is 10.8 Å². The van der Waals surface area contributed by atoms with Gasteiger partial charge in [0.1, 0.15) is 0 Å². The van der Waals surface area contributed by atoms with E-state index in [1.54, 1.807) is 0 Å². The molecule has 0 saturated heterocycles. The predicted molar refractivity (Wildman–Crippen MR) is 55.9 cm³/mol. The van der Waals surface area contributed by atoms with Crippen LogP contribution in [0, 0.1) is 0 Å². The van der Waals surface area contributed by atoms with E-state index in [0.29, 0.717) is 0 Å². The summed E-state index contributed by atoms with van der Waals surface area (Å²) in [6, 6.07) is 0. The Morgan fingerprint density at radius 3 is 2.42 bits per heavy atom. The average molecular weight is 191 g/mol. The minimum atomic E-state index is -0.563. The van der Waals surface area contributed by atoms with E-state index in [4.69, 9.17) is 0 Å². The third-order valence-corrected chi connectivity index (χ3v) is 3.26. The predicted octanol–water partition coefficient (Wildman–Crippen LogP) is 1.53. The summed E-state index contributed by atoms with van der Waals surface area (Å²) in [6.45, 7) is 3.16. The minimum Gasteiger partial charge on any atom is -0.320 e. The maximum atomic E-state index is 11.3. The van der Waals surface area contributed by atoms with Crippen LogP contribution in [0.4, 0.5) is 0 Å². The minimum absolute atomic E-state index is 0.563. The molecule has 3 heteroatoms. The molecule has 0 saturated carbocycles. The summed E-state index contributed by atoms with van der Waals surface area (Å²) in [7, 11) is 1.37. The lowest BCUT2D eigenvalue weighted by molar-refractivity contribution is 0.670. The maximum absolute atomic E-state index is 11.3. The van der Waals surface area contributed by atoms with E-state index >= 15 is 0 Å². The topological polar surface area (TPSA) is 29.1 Å². The summed E-state index contributed by atoms with van der Waals surface area (Å²) in [4.78, 5) is 0. The van der Waals surface area contributed by atoms with Crippen molar-refractivity contribution in [3.05, 3.63) is 0 Å². The van der Waals surface area contributed by atoms with Gasteiger partial charge in [-0.15, -0.1) is 0 Å². The molecule has 0 bridgehead atoms. The van der Waals surface area contributed by atoms with Crippen molar-refractivity contribution in [1.29, 1.82) is 0 Å². The largest absolute Gasteiger partial charge is 0.320 e. The molecule has 1 N–H and O–H groups in total. The number of hydrogen-bond donors (Lipinski definition) is 1. The standard InChI is InChI=1S/C9H21NOS/c1-3-4-5-8-12(11)9-6-7-10-2/h10H,3-9H2,1-2H3. The number of hydrogen-bond acceptors (Lipinski definition) is 2. The van der Waals surface area contributed by atoms with Crippen LogP contribution in [0.1, 0.15) is 32.6 Å². The number of nitrogens with one attached hydrogen (secondary N) is 1. The van der Waals surface area contributed by atoms with Gasteiger partial charge in [-0.05, 0) is 26.4 Å². The second-order valence-corrected chi connectivity index (χ2v) is 4.71. The zero-order chi connectivity index (χ0) is 9.23. The van der Waals surface area contributed by atoms with Gasteiger partial charge in [-0.3, -0.25) is 4.21 Å². The smallest absolute Gasteiger partial charge is 0.0246 e. The first kappa shape index (κ1) is 12.1. The Hall–Kier alpha value is 0.110. The normalized spacial score (nSPS) is 13.2. The van der Waals surface area contributed by atoms with Crippen LogP contribution in [0.2, 0.25) is 0 Å². The summed E-state index contributed by atoms with van der Waals surface area (Å²) in [6.07, 6.45) is 4.60. The van der Waals surface area contributed by atoms with Gasteiger partial charge in [-0.25, -0.2) is 0 Å². The van der Waals surface area contributed by atoms with Crippen LogP contribution in [0.3, 0.4) is 0 Å². The Morgan fingerprint density at radius 2 is 1.83 bits per heavy atom.